The lowest BCUT2D eigenvalue weighted by atomic mass is 9.43. The number of aliphatic hydroxyl groups is 1. The zero-order chi connectivity index (χ0) is 21.0. The van der Waals surface area contributed by atoms with Crippen LogP contribution in [0.4, 0.5) is 0 Å². The van der Waals surface area contributed by atoms with Gasteiger partial charge in [0.15, 0.2) is 0 Å². The van der Waals surface area contributed by atoms with Gasteiger partial charge in [0.2, 0.25) is 0 Å². The number of ketones is 1. The number of hydrogen-bond acceptors (Lipinski definition) is 3. The smallest absolute Gasteiger partial charge is 0.142 e. The molecule has 3 aliphatic carbocycles. The standard InChI is InChI=1S/C26H38O3/c1-17-11-13-26-14-12-20(29-5)22(26)25(17,4)21(27)16-24(3,23(28)18(26)2)15-19-9-7-6-8-10-19/h6-10,17-18,20-22,27H,11-16H2,1-5H3/t17-,18-,20+,21+,22+,24+,25-,26-/m0/s1. The van der Waals surface area contributed by atoms with E-state index in [2.05, 4.69) is 39.8 Å². The van der Waals surface area contributed by atoms with E-state index >= 15 is 0 Å². The van der Waals surface area contributed by atoms with Crippen LogP contribution in [-0.2, 0) is 16.0 Å². The van der Waals surface area contributed by atoms with Gasteiger partial charge in [0.05, 0.1) is 12.2 Å². The highest BCUT2D eigenvalue weighted by Gasteiger charge is 2.67. The average molecular weight is 399 g/mol. The molecule has 0 saturated heterocycles. The molecule has 0 aliphatic heterocycles. The highest BCUT2D eigenvalue weighted by Crippen LogP contribution is 2.68. The van der Waals surface area contributed by atoms with Crippen LogP contribution in [0, 0.1) is 34.0 Å². The summed E-state index contributed by atoms with van der Waals surface area (Å²) in [5.41, 5.74) is 0.379. The molecular formula is C26H38O3. The SMILES string of the molecule is CO[C@@H]1CC[C@@]23CC[C@H](C)[C@@](C)([C@H](O)C[C@@](C)(Cc4ccccc4)C(=O)[C@@H]2C)[C@@H]13. The second kappa shape index (κ2) is 7.20. The Morgan fingerprint density at radius 1 is 1.10 bits per heavy atom. The van der Waals surface area contributed by atoms with Gasteiger partial charge in [-0.3, -0.25) is 4.79 Å². The van der Waals surface area contributed by atoms with Gasteiger partial charge in [0, 0.05) is 23.9 Å². The molecule has 0 radical (unpaired) electrons. The largest absolute Gasteiger partial charge is 0.393 e. The zero-order valence-corrected chi connectivity index (χ0v) is 18.8. The minimum Gasteiger partial charge on any atom is -0.393 e. The van der Waals surface area contributed by atoms with Crippen LogP contribution in [0.25, 0.3) is 0 Å². The number of aliphatic hydroxyl groups excluding tert-OH is 1. The number of benzene rings is 1. The summed E-state index contributed by atoms with van der Waals surface area (Å²) < 4.78 is 5.98. The van der Waals surface area contributed by atoms with Gasteiger partial charge in [0.1, 0.15) is 5.78 Å². The Labute approximate surface area is 176 Å². The lowest BCUT2D eigenvalue weighted by Gasteiger charge is -2.61. The first-order valence-corrected chi connectivity index (χ1v) is 11.5. The number of rotatable bonds is 3. The van der Waals surface area contributed by atoms with E-state index in [0.29, 0.717) is 24.5 Å². The van der Waals surface area contributed by atoms with Crippen LogP contribution < -0.4 is 0 Å². The fraction of sp³-hybridized carbons (Fsp3) is 0.731. The van der Waals surface area contributed by atoms with E-state index in [4.69, 9.17) is 4.74 Å². The maximum absolute atomic E-state index is 14.0. The Hall–Kier alpha value is -1.19. The second-order valence-electron chi connectivity index (χ2n) is 10.9. The molecule has 1 aromatic carbocycles. The van der Waals surface area contributed by atoms with Gasteiger partial charge >= 0.3 is 0 Å². The molecule has 0 unspecified atom stereocenters. The normalized spacial score (nSPS) is 47.4. The van der Waals surface area contributed by atoms with Crippen molar-refractivity contribution in [3.63, 3.8) is 0 Å². The van der Waals surface area contributed by atoms with E-state index in [9.17, 15) is 9.90 Å². The molecule has 3 aliphatic rings. The van der Waals surface area contributed by atoms with Crippen molar-refractivity contribution < 1.29 is 14.6 Å². The Morgan fingerprint density at radius 2 is 1.76 bits per heavy atom. The van der Waals surface area contributed by atoms with Gasteiger partial charge < -0.3 is 9.84 Å². The zero-order valence-electron chi connectivity index (χ0n) is 18.8. The van der Waals surface area contributed by atoms with Crippen molar-refractivity contribution in [3.05, 3.63) is 35.9 Å². The molecule has 1 N–H and O–H groups in total. The molecule has 8 atom stereocenters. The summed E-state index contributed by atoms with van der Waals surface area (Å²) in [7, 11) is 1.81. The van der Waals surface area contributed by atoms with Crippen LogP contribution in [0.2, 0.25) is 0 Å². The summed E-state index contributed by atoms with van der Waals surface area (Å²) in [5.74, 6) is 1.02. The van der Waals surface area contributed by atoms with Crippen molar-refractivity contribution in [2.45, 2.75) is 78.4 Å². The maximum Gasteiger partial charge on any atom is 0.142 e. The maximum atomic E-state index is 14.0. The first kappa shape index (κ1) is 21.1. The molecule has 0 amide bonds. The van der Waals surface area contributed by atoms with Crippen molar-refractivity contribution >= 4 is 5.78 Å². The summed E-state index contributed by atoms with van der Waals surface area (Å²) in [6.07, 6.45) is 5.10. The lowest BCUT2D eigenvalue weighted by molar-refractivity contribution is -0.191. The third-order valence-electron chi connectivity index (χ3n) is 9.61. The predicted molar refractivity (Wildman–Crippen MR) is 116 cm³/mol. The number of carbonyl (C=O) groups is 1. The summed E-state index contributed by atoms with van der Waals surface area (Å²) >= 11 is 0. The summed E-state index contributed by atoms with van der Waals surface area (Å²) in [5, 5.41) is 11.7. The summed E-state index contributed by atoms with van der Waals surface area (Å²) in [6, 6.07) is 10.3. The molecule has 3 saturated carbocycles. The van der Waals surface area contributed by atoms with Gasteiger partial charge in [-0.05, 0) is 61.3 Å². The Kier molecular flexibility index (Phi) is 5.23. The van der Waals surface area contributed by atoms with Gasteiger partial charge in [-0.15, -0.1) is 0 Å². The van der Waals surface area contributed by atoms with E-state index in [0.717, 1.165) is 25.7 Å². The van der Waals surface area contributed by atoms with Crippen LogP contribution in [0.3, 0.4) is 0 Å². The second-order valence-corrected chi connectivity index (χ2v) is 10.9. The van der Waals surface area contributed by atoms with E-state index in [-0.39, 0.29) is 28.8 Å². The molecule has 2 bridgehead atoms. The van der Waals surface area contributed by atoms with Crippen molar-refractivity contribution in [2.24, 2.45) is 34.0 Å². The molecular weight excluding hydrogens is 360 g/mol. The first-order valence-electron chi connectivity index (χ1n) is 11.5. The molecule has 0 heterocycles. The predicted octanol–water partition coefficient (Wildman–Crippen LogP) is 5.05. The molecule has 0 spiro atoms. The molecule has 29 heavy (non-hydrogen) atoms. The molecule has 0 aromatic heterocycles. The fourth-order valence-electron chi connectivity index (χ4n) is 7.74. The van der Waals surface area contributed by atoms with Gasteiger partial charge in [-0.2, -0.15) is 0 Å². The van der Waals surface area contributed by atoms with Crippen LogP contribution in [0.15, 0.2) is 30.3 Å². The fourth-order valence-corrected chi connectivity index (χ4v) is 7.74. The van der Waals surface area contributed by atoms with Crippen LogP contribution >= 0.6 is 0 Å². The molecule has 3 heteroatoms. The van der Waals surface area contributed by atoms with Gasteiger partial charge in [0.25, 0.3) is 0 Å². The van der Waals surface area contributed by atoms with E-state index < -0.39 is 11.5 Å². The van der Waals surface area contributed by atoms with E-state index in [1.807, 2.05) is 25.3 Å². The topological polar surface area (TPSA) is 46.5 Å². The van der Waals surface area contributed by atoms with E-state index in [1.165, 1.54) is 5.56 Å². The molecule has 3 nitrogen and oxygen atoms in total. The third-order valence-corrected chi connectivity index (χ3v) is 9.61. The molecule has 160 valence electrons. The monoisotopic (exact) mass is 398 g/mol. The number of hydrogen-bond donors (Lipinski definition) is 1. The first-order chi connectivity index (χ1) is 13.7. The number of methoxy groups -OCH3 is 1. The molecule has 3 fully saturated rings. The van der Waals surface area contributed by atoms with E-state index in [1.54, 1.807) is 0 Å². The van der Waals surface area contributed by atoms with Crippen molar-refractivity contribution in [2.75, 3.05) is 7.11 Å². The average Bonchev–Trinajstić information content (AvgIpc) is 3.10. The minimum absolute atomic E-state index is 0.000636. The number of Topliss-reactive ketones (excluding diaryl/α,β-unsaturated/α-hetero) is 1. The Bertz CT molecular complexity index is 760. The molecule has 4 rings (SSSR count). The summed E-state index contributed by atoms with van der Waals surface area (Å²) in [6.45, 7) is 8.89. The highest BCUT2D eigenvalue weighted by atomic mass is 16.5. The number of ether oxygens (including phenoxy) is 1. The minimum atomic E-state index is -0.540. The lowest BCUT2D eigenvalue weighted by Crippen LogP contribution is -2.62. The highest BCUT2D eigenvalue weighted by molar-refractivity contribution is 5.88. The Morgan fingerprint density at radius 3 is 2.41 bits per heavy atom. The van der Waals surface area contributed by atoms with Gasteiger partial charge in [-0.25, -0.2) is 0 Å². The number of carbonyl (C=O) groups excluding carboxylic acids is 1. The Balaban J connectivity index is 1.81. The van der Waals surface area contributed by atoms with Crippen molar-refractivity contribution in [1.29, 1.82) is 0 Å². The van der Waals surface area contributed by atoms with Crippen LogP contribution in [0.5, 0.6) is 0 Å². The van der Waals surface area contributed by atoms with Gasteiger partial charge in [-0.1, -0.05) is 58.0 Å². The van der Waals surface area contributed by atoms with Crippen LogP contribution in [0.1, 0.15) is 65.4 Å². The summed E-state index contributed by atoms with van der Waals surface area (Å²) in [4.78, 5) is 14.0. The quantitative estimate of drug-likeness (QED) is 0.775. The van der Waals surface area contributed by atoms with Crippen LogP contribution in [-0.4, -0.2) is 30.2 Å². The van der Waals surface area contributed by atoms with Crippen molar-refractivity contribution in [3.8, 4) is 0 Å². The molecule has 1 aromatic rings. The third kappa shape index (κ3) is 2.95. The van der Waals surface area contributed by atoms with Crippen molar-refractivity contribution in [1.82, 2.24) is 0 Å².